The van der Waals surface area contributed by atoms with E-state index in [0.29, 0.717) is 18.7 Å². The minimum Gasteiger partial charge on any atom is -0.397 e. The predicted octanol–water partition coefficient (Wildman–Crippen LogP) is 2.03. The molecule has 2 aliphatic rings. The van der Waals surface area contributed by atoms with Gasteiger partial charge in [0.1, 0.15) is 5.92 Å². The number of hydrogen-bond acceptors (Lipinski definition) is 4. The van der Waals surface area contributed by atoms with Crippen molar-refractivity contribution >= 4 is 23.0 Å². The van der Waals surface area contributed by atoms with Gasteiger partial charge in [-0.3, -0.25) is 4.79 Å². The quantitative estimate of drug-likeness (QED) is 0.807. The summed E-state index contributed by atoms with van der Waals surface area (Å²) in [6.07, 6.45) is -3.94. The molecule has 2 aliphatic heterocycles. The van der Waals surface area contributed by atoms with Gasteiger partial charge in [-0.2, -0.15) is 23.3 Å². The van der Waals surface area contributed by atoms with Gasteiger partial charge in [0.15, 0.2) is 0 Å². The molecule has 3 rings (SSSR count). The van der Waals surface area contributed by atoms with Gasteiger partial charge < -0.3 is 10.5 Å². The molecule has 2 N–H and O–H groups in total. The van der Waals surface area contributed by atoms with E-state index < -0.39 is 17.7 Å². The van der Waals surface area contributed by atoms with Crippen LogP contribution < -0.4 is 10.7 Å². The van der Waals surface area contributed by atoms with Gasteiger partial charge in [0, 0.05) is 6.42 Å². The van der Waals surface area contributed by atoms with Gasteiger partial charge in [0.2, 0.25) is 0 Å². The highest BCUT2D eigenvalue weighted by Crippen LogP contribution is 2.36. The number of carbonyl (C=O) groups excluding carboxylic acids is 1. The maximum absolute atomic E-state index is 12.6. The maximum atomic E-state index is 12.6. The van der Waals surface area contributed by atoms with E-state index in [2.05, 4.69) is 5.10 Å². The number of fused-ring (bicyclic) bond motifs is 1. The van der Waals surface area contributed by atoms with Gasteiger partial charge >= 0.3 is 6.18 Å². The Balaban J connectivity index is 1.94. The Bertz CT molecular complexity index is 628. The Labute approximate surface area is 118 Å². The molecule has 0 aliphatic carbocycles. The number of alkyl halides is 3. The first-order valence-electron chi connectivity index (χ1n) is 6.34. The van der Waals surface area contributed by atoms with Crippen LogP contribution in [0.25, 0.3) is 0 Å². The number of hydrazone groups is 1. The predicted molar refractivity (Wildman–Crippen MR) is 69.7 cm³/mol. The zero-order chi connectivity index (χ0) is 15.2. The van der Waals surface area contributed by atoms with Gasteiger partial charge in [-0.05, 0) is 18.2 Å². The molecule has 1 aromatic rings. The first kappa shape index (κ1) is 13.9. The van der Waals surface area contributed by atoms with Gasteiger partial charge in [-0.25, -0.2) is 0 Å². The number of ether oxygens (including phenoxy) is 1. The highest BCUT2D eigenvalue weighted by Gasteiger charge is 2.39. The van der Waals surface area contributed by atoms with Crippen LogP contribution in [-0.4, -0.2) is 24.8 Å². The highest BCUT2D eigenvalue weighted by atomic mass is 19.4. The van der Waals surface area contributed by atoms with E-state index in [1.54, 1.807) is 0 Å². The molecule has 1 unspecified atom stereocenters. The number of nitrogens with zero attached hydrogens (tertiary/aromatic N) is 2. The molecule has 1 saturated heterocycles. The molecule has 2 heterocycles. The molecule has 1 atom stereocenters. The number of hydrogen-bond donors (Lipinski definition) is 1. The van der Waals surface area contributed by atoms with Crippen molar-refractivity contribution in [3.05, 3.63) is 23.8 Å². The lowest BCUT2D eigenvalue weighted by Gasteiger charge is -2.19. The fourth-order valence-electron chi connectivity index (χ4n) is 2.40. The molecule has 1 amide bonds. The van der Waals surface area contributed by atoms with Crippen LogP contribution in [-0.2, 0) is 15.7 Å². The summed E-state index contributed by atoms with van der Waals surface area (Å²) in [6, 6.07) is 2.86. The van der Waals surface area contributed by atoms with Crippen molar-refractivity contribution in [1.82, 2.24) is 0 Å². The summed E-state index contributed by atoms with van der Waals surface area (Å²) in [7, 11) is 0. The second-order valence-corrected chi connectivity index (χ2v) is 4.89. The number of amides is 1. The standard InChI is InChI=1S/C13H12F3N3O2/c14-13(15,16)7-1-2-11(9(17)5-7)19-12(20)8-6-21-4-3-10(8)18-19/h1-2,5,8H,3-4,6,17H2. The van der Waals surface area contributed by atoms with Crippen molar-refractivity contribution in [2.24, 2.45) is 11.0 Å². The Kier molecular flexibility index (Phi) is 3.12. The van der Waals surface area contributed by atoms with Crippen molar-refractivity contribution in [3.63, 3.8) is 0 Å². The fourth-order valence-corrected chi connectivity index (χ4v) is 2.40. The minimum atomic E-state index is -4.48. The van der Waals surface area contributed by atoms with Crippen LogP contribution >= 0.6 is 0 Å². The number of halogens is 3. The van der Waals surface area contributed by atoms with E-state index in [4.69, 9.17) is 10.5 Å². The molecular weight excluding hydrogens is 287 g/mol. The van der Waals surface area contributed by atoms with E-state index in [0.717, 1.165) is 23.2 Å². The van der Waals surface area contributed by atoms with Gasteiger partial charge in [-0.1, -0.05) is 0 Å². The second kappa shape index (κ2) is 4.73. The summed E-state index contributed by atoms with van der Waals surface area (Å²) in [5.74, 6) is -0.781. The monoisotopic (exact) mass is 299 g/mol. The van der Waals surface area contributed by atoms with Crippen LogP contribution in [0.1, 0.15) is 12.0 Å². The normalized spacial score (nSPS) is 22.2. The molecule has 1 fully saturated rings. The third kappa shape index (κ3) is 2.35. The summed E-state index contributed by atoms with van der Waals surface area (Å²) >= 11 is 0. The van der Waals surface area contributed by atoms with Crippen LogP contribution in [0.15, 0.2) is 23.3 Å². The lowest BCUT2D eigenvalue weighted by Crippen LogP contribution is -2.34. The number of carbonyl (C=O) groups is 1. The molecule has 21 heavy (non-hydrogen) atoms. The van der Waals surface area contributed by atoms with Crippen molar-refractivity contribution < 1.29 is 22.7 Å². The molecule has 8 heteroatoms. The van der Waals surface area contributed by atoms with E-state index in [1.165, 1.54) is 0 Å². The van der Waals surface area contributed by atoms with E-state index in [9.17, 15) is 18.0 Å². The van der Waals surface area contributed by atoms with Crippen molar-refractivity contribution in [3.8, 4) is 0 Å². The number of nitrogens with two attached hydrogens (primary N) is 1. The smallest absolute Gasteiger partial charge is 0.397 e. The van der Waals surface area contributed by atoms with Crippen molar-refractivity contribution in [2.75, 3.05) is 24.0 Å². The van der Waals surface area contributed by atoms with Crippen LogP contribution in [0, 0.1) is 5.92 Å². The summed E-state index contributed by atoms with van der Waals surface area (Å²) < 4.78 is 43.1. The van der Waals surface area contributed by atoms with Gasteiger partial charge in [0.25, 0.3) is 5.91 Å². The van der Waals surface area contributed by atoms with Crippen molar-refractivity contribution in [2.45, 2.75) is 12.6 Å². The molecule has 1 aromatic carbocycles. The highest BCUT2D eigenvalue weighted by molar-refractivity contribution is 6.16. The van der Waals surface area contributed by atoms with Gasteiger partial charge in [-0.15, -0.1) is 0 Å². The Morgan fingerprint density at radius 2 is 2.14 bits per heavy atom. The summed E-state index contributed by atoms with van der Waals surface area (Å²) in [6.45, 7) is 0.730. The summed E-state index contributed by atoms with van der Waals surface area (Å²) in [5, 5.41) is 5.25. The Morgan fingerprint density at radius 3 is 2.76 bits per heavy atom. The molecule has 0 bridgehead atoms. The van der Waals surface area contributed by atoms with Gasteiger partial charge in [0.05, 0.1) is 35.9 Å². The number of nitrogen functional groups attached to an aromatic ring is 1. The van der Waals surface area contributed by atoms with Crippen LogP contribution in [0.5, 0.6) is 0 Å². The largest absolute Gasteiger partial charge is 0.416 e. The molecule has 112 valence electrons. The molecular formula is C13H12F3N3O2. The van der Waals surface area contributed by atoms with Crippen LogP contribution in [0.4, 0.5) is 24.5 Å². The molecule has 0 aromatic heterocycles. The second-order valence-electron chi connectivity index (χ2n) is 4.89. The zero-order valence-corrected chi connectivity index (χ0v) is 10.9. The lowest BCUT2D eigenvalue weighted by atomic mass is 10.00. The number of benzene rings is 1. The fraction of sp³-hybridized carbons (Fsp3) is 0.385. The lowest BCUT2D eigenvalue weighted by molar-refractivity contribution is -0.137. The molecule has 0 spiro atoms. The average molecular weight is 299 g/mol. The van der Waals surface area contributed by atoms with Crippen molar-refractivity contribution in [1.29, 1.82) is 0 Å². The Hall–Kier alpha value is -2.09. The zero-order valence-electron chi connectivity index (χ0n) is 10.9. The molecule has 0 saturated carbocycles. The third-order valence-corrected chi connectivity index (χ3v) is 3.51. The van der Waals surface area contributed by atoms with E-state index >= 15 is 0 Å². The minimum absolute atomic E-state index is 0.137. The summed E-state index contributed by atoms with van der Waals surface area (Å²) in [5.41, 5.74) is 5.51. The topological polar surface area (TPSA) is 67.9 Å². The number of rotatable bonds is 1. The van der Waals surface area contributed by atoms with Crippen LogP contribution in [0.3, 0.4) is 0 Å². The molecule has 0 radical (unpaired) electrons. The average Bonchev–Trinajstić information content (AvgIpc) is 2.75. The van der Waals surface area contributed by atoms with Crippen LogP contribution in [0.2, 0.25) is 0 Å². The maximum Gasteiger partial charge on any atom is 0.416 e. The third-order valence-electron chi connectivity index (χ3n) is 3.51. The number of anilines is 2. The first-order chi connectivity index (χ1) is 9.88. The van der Waals surface area contributed by atoms with E-state index in [1.807, 2.05) is 0 Å². The SMILES string of the molecule is Nc1cc(C(F)(F)F)ccc1N1N=C2CCOCC2C1=O. The summed E-state index contributed by atoms with van der Waals surface area (Å²) in [4.78, 5) is 12.2. The Morgan fingerprint density at radius 1 is 1.38 bits per heavy atom. The van der Waals surface area contributed by atoms with E-state index in [-0.39, 0.29) is 23.9 Å². The molecule has 5 nitrogen and oxygen atoms in total. The first-order valence-corrected chi connectivity index (χ1v) is 6.34.